The van der Waals surface area contributed by atoms with Crippen LogP contribution in [-0.4, -0.2) is 60.6 Å². The topological polar surface area (TPSA) is 62.3 Å². The van der Waals surface area contributed by atoms with Gasteiger partial charge in [-0.1, -0.05) is 48.2 Å². The van der Waals surface area contributed by atoms with E-state index in [4.69, 9.17) is 9.47 Å². The maximum Gasteiger partial charge on any atom is 0.251 e. The second kappa shape index (κ2) is 9.97. The zero-order chi connectivity index (χ0) is 24.5. The summed E-state index contributed by atoms with van der Waals surface area (Å²) in [5.74, 6) is 1.34. The summed E-state index contributed by atoms with van der Waals surface area (Å²) in [6.07, 6.45) is 0.228. The highest BCUT2D eigenvalue weighted by Crippen LogP contribution is 2.38. The number of piperazine rings is 1. The van der Waals surface area contributed by atoms with Gasteiger partial charge in [0.1, 0.15) is 0 Å². The molecule has 2 fully saturated rings. The number of amides is 2. The Labute approximate surface area is 214 Å². The first-order chi connectivity index (χ1) is 17.7. The Morgan fingerprint density at radius 2 is 1.58 bits per heavy atom. The van der Waals surface area contributed by atoms with Crippen molar-refractivity contribution < 1.29 is 19.1 Å². The van der Waals surface area contributed by atoms with Gasteiger partial charge in [0.15, 0.2) is 11.5 Å². The molecule has 3 aromatic rings. The molecule has 0 spiro atoms. The first-order valence-corrected chi connectivity index (χ1v) is 13.0. The lowest BCUT2D eigenvalue weighted by atomic mass is 10.1. The van der Waals surface area contributed by atoms with Crippen LogP contribution in [0.3, 0.4) is 0 Å². The monoisotopic (exact) mass is 501 g/mol. The predicted molar refractivity (Wildman–Crippen MR) is 137 cm³/mol. The fourth-order valence-electron chi connectivity index (χ4n) is 5.03. The van der Waals surface area contributed by atoms with Crippen LogP contribution in [0.4, 0.5) is 5.69 Å². The third-order valence-corrected chi connectivity index (χ3v) is 7.96. The van der Waals surface area contributed by atoms with E-state index in [2.05, 4.69) is 15.9 Å². The molecular weight excluding hydrogens is 474 g/mol. The molecule has 1 atom stereocenters. The van der Waals surface area contributed by atoms with Gasteiger partial charge in [0.05, 0.1) is 18.2 Å². The van der Waals surface area contributed by atoms with Crippen molar-refractivity contribution in [2.75, 3.05) is 37.9 Å². The van der Waals surface area contributed by atoms with Crippen molar-refractivity contribution in [1.82, 2.24) is 9.80 Å². The molecule has 0 radical (unpaired) electrons. The van der Waals surface area contributed by atoms with E-state index >= 15 is 0 Å². The maximum absolute atomic E-state index is 13.5. The Kier molecular flexibility index (Phi) is 6.39. The Hall–Kier alpha value is -3.33. The highest BCUT2D eigenvalue weighted by Gasteiger charge is 2.44. The summed E-state index contributed by atoms with van der Waals surface area (Å²) in [4.78, 5) is 34.5. The molecule has 0 N–H and O–H groups in total. The fourth-order valence-corrected chi connectivity index (χ4v) is 5.99. The van der Waals surface area contributed by atoms with Gasteiger partial charge in [0.25, 0.3) is 5.91 Å². The third kappa shape index (κ3) is 4.59. The molecule has 7 nitrogen and oxygen atoms in total. The van der Waals surface area contributed by atoms with Gasteiger partial charge in [-0.15, -0.1) is 0 Å². The van der Waals surface area contributed by atoms with E-state index in [1.165, 1.54) is 10.5 Å². The van der Waals surface area contributed by atoms with Crippen molar-refractivity contribution >= 4 is 29.3 Å². The van der Waals surface area contributed by atoms with Gasteiger partial charge in [0, 0.05) is 42.5 Å². The number of fused-ring (bicyclic) bond motifs is 1. The second-order valence-corrected chi connectivity index (χ2v) is 10.3. The summed E-state index contributed by atoms with van der Waals surface area (Å²) < 4.78 is 10.9. The van der Waals surface area contributed by atoms with Gasteiger partial charge in [0.2, 0.25) is 12.7 Å². The van der Waals surface area contributed by atoms with E-state index in [0.29, 0.717) is 5.69 Å². The average Bonchev–Trinajstić information content (AvgIpc) is 3.49. The van der Waals surface area contributed by atoms with Crippen molar-refractivity contribution in [2.45, 2.75) is 28.8 Å². The Bertz CT molecular complexity index is 1280. The molecule has 0 aliphatic carbocycles. The first-order valence-electron chi connectivity index (χ1n) is 12.2. The standard InChI is InChI=1S/C28H27N3O4S/c32-27-17-23(28(33)31(27)22-8-4-5-9-26(22)36-21-6-2-1-3-7-21)30-14-12-29(13-15-30)18-20-10-11-24-25(16-20)35-19-34-24/h1-11,16,23H,12-15,17-19H2/t23-/m0/s1. The molecule has 0 bridgehead atoms. The Morgan fingerprint density at radius 1 is 0.833 bits per heavy atom. The van der Waals surface area contributed by atoms with E-state index in [1.54, 1.807) is 11.8 Å². The third-order valence-electron chi connectivity index (χ3n) is 6.89. The summed E-state index contributed by atoms with van der Waals surface area (Å²) in [6, 6.07) is 23.3. The number of rotatable bonds is 6. The normalized spacial score (nSPS) is 20.3. The quantitative estimate of drug-likeness (QED) is 0.473. The van der Waals surface area contributed by atoms with Crippen LogP contribution < -0.4 is 14.4 Å². The van der Waals surface area contributed by atoms with E-state index in [9.17, 15) is 9.59 Å². The summed E-state index contributed by atoms with van der Waals surface area (Å²) in [6.45, 7) is 4.28. The molecule has 2 amide bonds. The minimum absolute atomic E-state index is 0.120. The van der Waals surface area contributed by atoms with Crippen molar-refractivity contribution in [2.24, 2.45) is 0 Å². The SMILES string of the molecule is O=C1C[C@H](N2CCN(Cc3ccc4c(c3)OCO4)CC2)C(=O)N1c1ccccc1Sc1ccccc1. The van der Waals surface area contributed by atoms with Gasteiger partial charge in [-0.05, 0) is 42.0 Å². The summed E-state index contributed by atoms with van der Waals surface area (Å²) >= 11 is 1.57. The molecule has 2 saturated heterocycles. The number of benzene rings is 3. The van der Waals surface area contributed by atoms with Crippen LogP contribution in [-0.2, 0) is 16.1 Å². The first kappa shape index (κ1) is 23.1. The summed E-state index contributed by atoms with van der Waals surface area (Å²) in [7, 11) is 0. The second-order valence-electron chi connectivity index (χ2n) is 9.17. The van der Waals surface area contributed by atoms with Gasteiger partial charge >= 0.3 is 0 Å². The van der Waals surface area contributed by atoms with Crippen LogP contribution in [0.25, 0.3) is 0 Å². The molecule has 3 heterocycles. The molecule has 3 aliphatic heterocycles. The number of hydrogen-bond donors (Lipinski definition) is 0. The summed E-state index contributed by atoms with van der Waals surface area (Å²) in [5.41, 5.74) is 1.85. The molecular formula is C28H27N3O4S. The van der Waals surface area contributed by atoms with Crippen LogP contribution in [0.1, 0.15) is 12.0 Å². The Balaban J connectivity index is 1.11. The molecule has 8 heteroatoms. The maximum atomic E-state index is 13.5. The minimum atomic E-state index is -0.403. The molecule has 3 aromatic carbocycles. The smallest absolute Gasteiger partial charge is 0.251 e. The minimum Gasteiger partial charge on any atom is -0.454 e. The lowest BCUT2D eigenvalue weighted by molar-refractivity contribution is -0.123. The zero-order valence-corrected chi connectivity index (χ0v) is 20.7. The van der Waals surface area contributed by atoms with E-state index in [1.807, 2.05) is 66.7 Å². The number of ether oxygens (including phenoxy) is 2. The predicted octanol–water partition coefficient (Wildman–Crippen LogP) is 4.02. The van der Waals surface area contributed by atoms with E-state index < -0.39 is 6.04 Å². The lowest BCUT2D eigenvalue weighted by Crippen LogP contribution is -2.52. The highest BCUT2D eigenvalue weighted by molar-refractivity contribution is 7.99. The van der Waals surface area contributed by atoms with Crippen LogP contribution >= 0.6 is 11.8 Å². The summed E-state index contributed by atoms with van der Waals surface area (Å²) in [5, 5.41) is 0. The van der Waals surface area contributed by atoms with Gasteiger partial charge < -0.3 is 9.47 Å². The van der Waals surface area contributed by atoms with Gasteiger partial charge in [-0.3, -0.25) is 19.4 Å². The molecule has 0 saturated carbocycles. The van der Waals surface area contributed by atoms with Crippen LogP contribution in [0, 0.1) is 0 Å². The number of carbonyl (C=O) groups excluding carboxylic acids is 2. The van der Waals surface area contributed by atoms with Crippen molar-refractivity contribution in [3.05, 3.63) is 78.4 Å². The molecule has 36 heavy (non-hydrogen) atoms. The van der Waals surface area contributed by atoms with Crippen molar-refractivity contribution in [3.63, 3.8) is 0 Å². The molecule has 3 aliphatic rings. The number of carbonyl (C=O) groups is 2. The fraction of sp³-hybridized carbons (Fsp3) is 0.286. The number of nitrogens with zero attached hydrogens (tertiary/aromatic N) is 3. The van der Waals surface area contributed by atoms with Gasteiger partial charge in [-0.25, -0.2) is 4.90 Å². The number of imide groups is 1. The number of para-hydroxylation sites is 1. The largest absolute Gasteiger partial charge is 0.454 e. The van der Waals surface area contributed by atoms with Gasteiger partial charge in [-0.2, -0.15) is 0 Å². The molecule has 0 aromatic heterocycles. The van der Waals surface area contributed by atoms with Crippen LogP contribution in [0.5, 0.6) is 11.5 Å². The van der Waals surface area contributed by atoms with Crippen LogP contribution in [0.15, 0.2) is 82.6 Å². The average molecular weight is 502 g/mol. The zero-order valence-electron chi connectivity index (χ0n) is 19.8. The lowest BCUT2D eigenvalue weighted by Gasteiger charge is -2.37. The van der Waals surface area contributed by atoms with E-state index in [0.717, 1.165) is 54.0 Å². The Morgan fingerprint density at radius 3 is 2.42 bits per heavy atom. The van der Waals surface area contributed by atoms with Crippen LogP contribution in [0.2, 0.25) is 0 Å². The number of anilines is 1. The molecule has 0 unspecified atom stereocenters. The number of hydrogen-bond acceptors (Lipinski definition) is 7. The highest BCUT2D eigenvalue weighted by atomic mass is 32.2. The molecule has 184 valence electrons. The van der Waals surface area contributed by atoms with E-state index in [-0.39, 0.29) is 25.0 Å². The van der Waals surface area contributed by atoms with Crippen molar-refractivity contribution in [1.29, 1.82) is 0 Å². The van der Waals surface area contributed by atoms with Crippen molar-refractivity contribution in [3.8, 4) is 11.5 Å². The molecule has 6 rings (SSSR count).